The van der Waals surface area contributed by atoms with Crippen LogP contribution < -0.4 is 5.32 Å². The molecule has 6 nitrogen and oxygen atoms in total. The van der Waals surface area contributed by atoms with Crippen molar-refractivity contribution < 1.29 is 22.4 Å². The Morgan fingerprint density at radius 1 is 1.16 bits per heavy atom. The van der Waals surface area contributed by atoms with Gasteiger partial charge in [-0.15, -0.1) is 0 Å². The molecule has 1 fully saturated rings. The smallest absolute Gasteiger partial charge is 0.378 e. The highest BCUT2D eigenvalue weighted by Gasteiger charge is 2.33. The van der Waals surface area contributed by atoms with E-state index in [0.29, 0.717) is 36.5 Å². The van der Waals surface area contributed by atoms with Gasteiger partial charge in [0.1, 0.15) is 0 Å². The summed E-state index contributed by atoms with van der Waals surface area (Å²) in [6.07, 6.45) is -1.86. The molecule has 0 aliphatic carbocycles. The summed E-state index contributed by atoms with van der Waals surface area (Å²) in [4.78, 5) is 8.22. The standard InChI is InChI=1S/C16H13F3N4O2/c17-16(18,19)12-3-1-2-9-10(12)6-20-7-11(9)15-22-14(23-25-15)13-8-24-5-4-21-13/h1-3,6-7,13,21H,4-5,8H2. The van der Waals surface area contributed by atoms with Crippen molar-refractivity contribution in [1.29, 1.82) is 0 Å². The van der Waals surface area contributed by atoms with E-state index in [1.807, 2.05) is 0 Å². The maximum absolute atomic E-state index is 13.2. The van der Waals surface area contributed by atoms with Gasteiger partial charge in [-0.25, -0.2) is 0 Å². The number of pyridine rings is 1. The van der Waals surface area contributed by atoms with Crippen LogP contribution in [0, 0.1) is 0 Å². The molecular formula is C16H13F3N4O2. The lowest BCUT2D eigenvalue weighted by molar-refractivity contribution is -0.136. The Hall–Kier alpha value is -2.52. The predicted molar refractivity (Wildman–Crippen MR) is 81.6 cm³/mol. The Kier molecular flexibility index (Phi) is 3.89. The zero-order valence-corrected chi connectivity index (χ0v) is 12.9. The number of alkyl halides is 3. The van der Waals surface area contributed by atoms with E-state index in [1.165, 1.54) is 18.5 Å². The molecule has 0 spiro atoms. The van der Waals surface area contributed by atoms with Gasteiger partial charge < -0.3 is 14.6 Å². The minimum Gasteiger partial charge on any atom is -0.378 e. The minimum atomic E-state index is -4.47. The summed E-state index contributed by atoms with van der Waals surface area (Å²) in [5.41, 5.74) is -0.388. The molecule has 1 aromatic carbocycles. The van der Waals surface area contributed by atoms with E-state index in [2.05, 4.69) is 20.4 Å². The van der Waals surface area contributed by atoms with E-state index < -0.39 is 11.7 Å². The van der Waals surface area contributed by atoms with Crippen LogP contribution in [0.5, 0.6) is 0 Å². The second-order valence-corrected chi connectivity index (χ2v) is 5.62. The van der Waals surface area contributed by atoms with E-state index in [-0.39, 0.29) is 17.3 Å². The van der Waals surface area contributed by atoms with Crippen molar-refractivity contribution in [3.05, 3.63) is 42.0 Å². The molecule has 130 valence electrons. The fourth-order valence-corrected chi connectivity index (χ4v) is 2.83. The molecule has 2 aromatic heterocycles. The number of nitrogens with one attached hydrogen (secondary N) is 1. The average molecular weight is 350 g/mol. The van der Waals surface area contributed by atoms with Crippen molar-refractivity contribution in [2.45, 2.75) is 12.2 Å². The second kappa shape index (κ2) is 6.08. The summed E-state index contributed by atoms with van der Waals surface area (Å²) in [6.45, 7) is 1.68. The summed E-state index contributed by atoms with van der Waals surface area (Å²) in [5.74, 6) is 0.526. The summed E-state index contributed by atoms with van der Waals surface area (Å²) < 4.78 is 50.2. The molecule has 1 aliphatic rings. The Bertz CT molecular complexity index is 904. The molecule has 4 rings (SSSR count). The predicted octanol–water partition coefficient (Wildman–Crippen LogP) is 2.96. The number of halogens is 3. The van der Waals surface area contributed by atoms with Gasteiger partial charge in [0.25, 0.3) is 5.89 Å². The Morgan fingerprint density at radius 3 is 2.80 bits per heavy atom. The molecular weight excluding hydrogens is 337 g/mol. The molecule has 0 radical (unpaired) electrons. The van der Waals surface area contributed by atoms with E-state index in [1.54, 1.807) is 6.07 Å². The molecule has 1 aliphatic heterocycles. The highest BCUT2D eigenvalue weighted by atomic mass is 19.4. The average Bonchev–Trinajstić information content (AvgIpc) is 3.10. The normalized spacial score (nSPS) is 18.6. The first-order valence-corrected chi connectivity index (χ1v) is 7.63. The van der Waals surface area contributed by atoms with Gasteiger partial charge in [0.05, 0.1) is 30.4 Å². The number of ether oxygens (including phenoxy) is 1. The lowest BCUT2D eigenvalue weighted by Gasteiger charge is -2.20. The second-order valence-electron chi connectivity index (χ2n) is 5.62. The molecule has 3 heterocycles. The molecule has 25 heavy (non-hydrogen) atoms. The van der Waals surface area contributed by atoms with Crippen LogP contribution in [-0.2, 0) is 10.9 Å². The molecule has 0 amide bonds. The van der Waals surface area contributed by atoms with Crippen molar-refractivity contribution in [2.75, 3.05) is 19.8 Å². The fraction of sp³-hybridized carbons (Fsp3) is 0.312. The van der Waals surface area contributed by atoms with Crippen LogP contribution in [0.25, 0.3) is 22.2 Å². The quantitative estimate of drug-likeness (QED) is 0.766. The number of hydrogen-bond donors (Lipinski definition) is 1. The van der Waals surface area contributed by atoms with E-state index >= 15 is 0 Å². The van der Waals surface area contributed by atoms with Gasteiger partial charge in [0.15, 0.2) is 5.82 Å². The van der Waals surface area contributed by atoms with Gasteiger partial charge in [-0.05, 0) is 11.5 Å². The van der Waals surface area contributed by atoms with Crippen LogP contribution in [0.15, 0.2) is 35.1 Å². The molecule has 0 bridgehead atoms. The van der Waals surface area contributed by atoms with Gasteiger partial charge in [0.2, 0.25) is 0 Å². The van der Waals surface area contributed by atoms with Crippen LogP contribution in [0.1, 0.15) is 17.4 Å². The number of morpholine rings is 1. The summed E-state index contributed by atoms with van der Waals surface area (Å²) in [6, 6.07) is 3.74. The third kappa shape index (κ3) is 2.96. The molecule has 1 unspecified atom stereocenters. The minimum absolute atomic E-state index is 0.00799. The first kappa shape index (κ1) is 16.0. The monoisotopic (exact) mass is 350 g/mol. The zero-order chi connectivity index (χ0) is 17.4. The Morgan fingerprint density at radius 2 is 2.04 bits per heavy atom. The largest absolute Gasteiger partial charge is 0.417 e. The first-order chi connectivity index (χ1) is 12.0. The summed E-state index contributed by atoms with van der Waals surface area (Å²) >= 11 is 0. The van der Waals surface area contributed by atoms with Crippen LogP contribution in [-0.4, -0.2) is 34.9 Å². The summed E-state index contributed by atoms with van der Waals surface area (Å²) in [7, 11) is 0. The Balaban J connectivity index is 1.78. The third-order valence-corrected chi connectivity index (χ3v) is 4.01. The third-order valence-electron chi connectivity index (χ3n) is 4.01. The van der Waals surface area contributed by atoms with Crippen LogP contribution >= 0.6 is 0 Å². The van der Waals surface area contributed by atoms with Crippen LogP contribution in [0.3, 0.4) is 0 Å². The van der Waals surface area contributed by atoms with Gasteiger partial charge >= 0.3 is 6.18 Å². The Labute approximate surface area is 140 Å². The topological polar surface area (TPSA) is 73.1 Å². The molecule has 1 N–H and O–H groups in total. The lowest BCUT2D eigenvalue weighted by Crippen LogP contribution is -2.35. The maximum atomic E-state index is 13.2. The molecule has 1 atom stereocenters. The number of fused-ring (bicyclic) bond motifs is 1. The van der Waals surface area contributed by atoms with Crippen molar-refractivity contribution >= 4 is 10.8 Å². The maximum Gasteiger partial charge on any atom is 0.417 e. The van der Waals surface area contributed by atoms with Gasteiger partial charge in [-0.3, -0.25) is 4.98 Å². The fourth-order valence-electron chi connectivity index (χ4n) is 2.83. The highest BCUT2D eigenvalue weighted by molar-refractivity contribution is 5.96. The molecule has 3 aromatic rings. The van der Waals surface area contributed by atoms with Gasteiger partial charge in [0, 0.05) is 24.3 Å². The van der Waals surface area contributed by atoms with Crippen molar-refractivity contribution in [2.24, 2.45) is 0 Å². The number of nitrogens with zero attached hydrogens (tertiary/aromatic N) is 3. The molecule has 9 heteroatoms. The SMILES string of the molecule is FC(F)(F)c1cccc2c(-c3nc(C4COCCN4)no3)cncc12. The van der Waals surface area contributed by atoms with E-state index in [4.69, 9.17) is 9.26 Å². The van der Waals surface area contributed by atoms with Crippen molar-refractivity contribution in [3.63, 3.8) is 0 Å². The summed E-state index contributed by atoms with van der Waals surface area (Å²) in [5, 5.41) is 7.45. The van der Waals surface area contributed by atoms with Crippen LogP contribution in [0.2, 0.25) is 0 Å². The van der Waals surface area contributed by atoms with Gasteiger partial charge in [-0.2, -0.15) is 18.2 Å². The van der Waals surface area contributed by atoms with Crippen LogP contribution in [0.4, 0.5) is 13.2 Å². The first-order valence-electron chi connectivity index (χ1n) is 7.63. The molecule has 0 saturated carbocycles. The zero-order valence-electron chi connectivity index (χ0n) is 12.9. The van der Waals surface area contributed by atoms with Crippen molar-refractivity contribution in [3.8, 4) is 11.5 Å². The van der Waals surface area contributed by atoms with Crippen molar-refractivity contribution in [1.82, 2.24) is 20.4 Å². The number of aromatic nitrogens is 3. The highest BCUT2D eigenvalue weighted by Crippen LogP contribution is 2.37. The lowest BCUT2D eigenvalue weighted by atomic mass is 10.0. The number of benzene rings is 1. The van der Waals surface area contributed by atoms with Gasteiger partial charge in [-0.1, -0.05) is 17.3 Å². The number of hydrogen-bond acceptors (Lipinski definition) is 6. The van der Waals surface area contributed by atoms with E-state index in [9.17, 15) is 13.2 Å². The van der Waals surface area contributed by atoms with E-state index in [0.717, 1.165) is 6.07 Å². The molecule has 1 saturated heterocycles. The number of rotatable bonds is 2.